The number of nitrogens with zero attached hydrogens (tertiary/aromatic N) is 3. The summed E-state index contributed by atoms with van der Waals surface area (Å²) in [4.78, 5) is 27.7. The molecule has 0 aromatic carbocycles. The smallest absolute Gasteiger partial charge is 0.320 e. The average Bonchev–Trinajstić information content (AvgIpc) is 2.76. The van der Waals surface area contributed by atoms with Crippen molar-refractivity contribution in [3.05, 3.63) is 27.1 Å². The Morgan fingerprint density at radius 2 is 2.24 bits per heavy atom. The SMILES string of the molecule is Cc1cc(=O)n2nc(CNC(CC(C)C)C(=O)O)sc2n1. The topological polar surface area (TPSA) is 96.6 Å². The number of aromatic nitrogens is 3. The van der Waals surface area contributed by atoms with Crippen LogP contribution in [-0.2, 0) is 11.3 Å². The lowest BCUT2D eigenvalue weighted by atomic mass is 10.0. The van der Waals surface area contributed by atoms with Crippen LogP contribution in [0.15, 0.2) is 10.9 Å². The number of carboxylic acids is 1. The number of rotatable bonds is 6. The Labute approximate surface area is 125 Å². The molecule has 0 aliphatic carbocycles. The van der Waals surface area contributed by atoms with E-state index < -0.39 is 12.0 Å². The van der Waals surface area contributed by atoms with E-state index in [4.69, 9.17) is 0 Å². The fraction of sp³-hybridized carbons (Fsp3) is 0.538. The zero-order valence-corrected chi connectivity index (χ0v) is 13.0. The first-order valence-corrected chi connectivity index (χ1v) is 7.51. The predicted octanol–water partition coefficient (Wildman–Crippen LogP) is 1.05. The van der Waals surface area contributed by atoms with Crippen molar-refractivity contribution in [2.24, 2.45) is 5.92 Å². The Morgan fingerprint density at radius 1 is 1.52 bits per heavy atom. The number of aryl methyl sites for hydroxylation is 1. The van der Waals surface area contributed by atoms with Gasteiger partial charge in [0, 0.05) is 11.8 Å². The minimum Gasteiger partial charge on any atom is -0.480 e. The van der Waals surface area contributed by atoms with Gasteiger partial charge in [0.05, 0.1) is 6.54 Å². The number of aliphatic carboxylic acids is 1. The Morgan fingerprint density at radius 3 is 2.86 bits per heavy atom. The number of nitrogens with one attached hydrogen (secondary N) is 1. The van der Waals surface area contributed by atoms with Crippen LogP contribution < -0.4 is 10.9 Å². The third kappa shape index (κ3) is 3.85. The largest absolute Gasteiger partial charge is 0.480 e. The number of fused-ring (bicyclic) bond motifs is 1. The molecule has 0 radical (unpaired) electrons. The summed E-state index contributed by atoms with van der Waals surface area (Å²) in [6.07, 6.45) is 0.539. The summed E-state index contributed by atoms with van der Waals surface area (Å²) < 4.78 is 1.24. The van der Waals surface area contributed by atoms with Crippen LogP contribution in [0.5, 0.6) is 0 Å². The highest BCUT2D eigenvalue weighted by Gasteiger charge is 2.19. The maximum absolute atomic E-state index is 11.8. The molecule has 7 nitrogen and oxygen atoms in total. The quantitative estimate of drug-likeness (QED) is 0.828. The molecule has 1 atom stereocenters. The van der Waals surface area contributed by atoms with Gasteiger partial charge in [-0.3, -0.25) is 14.9 Å². The van der Waals surface area contributed by atoms with E-state index in [0.29, 0.717) is 28.6 Å². The number of hydrogen-bond donors (Lipinski definition) is 2. The molecule has 0 aliphatic heterocycles. The molecule has 8 heteroatoms. The van der Waals surface area contributed by atoms with E-state index in [0.717, 1.165) is 0 Å². The highest BCUT2D eigenvalue weighted by Crippen LogP contribution is 2.12. The lowest BCUT2D eigenvalue weighted by Gasteiger charge is -2.15. The molecule has 0 aliphatic rings. The van der Waals surface area contributed by atoms with E-state index in [1.807, 2.05) is 13.8 Å². The zero-order chi connectivity index (χ0) is 15.6. The maximum Gasteiger partial charge on any atom is 0.320 e. The summed E-state index contributed by atoms with van der Waals surface area (Å²) in [5.74, 6) is -0.600. The number of hydrogen-bond acceptors (Lipinski definition) is 6. The van der Waals surface area contributed by atoms with Gasteiger partial charge in [0.25, 0.3) is 5.56 Å². The standard InChI is InChI=1S/C13H18N4O3S/c1-7(2)4-9(12(19)20)14-6-10-16-17-11(18)5-8(3)15-13(17)21-10/h5,7,9,14H,4,6H2,1-3H3,(H,19,20). The molecule has 2 aromatic rings. The summed E-state index contributed by atoms with van der Waals surface area (Å²) in [6, 6.07) is 0.798. The molecule has 2 N–H and O–H groups in total. The summed E-state index contributed by atoms with van der Waals surface area (Å²) in [6.45, 7) is 6.00. The van der Waals surface area contributed by atoms with Crippen molar-refractivity contribution in [3.63, 3.8) is 0 Å². The van der Waals surface area contributed by atoms with Crippen molar-refractivity contribution in [1.29, 1.82) is 0 Å². The van der Waals surface area contributed by atoms with Gasteiger partial charge in [0.2, 0.25) is 4.96 Å². The molecule has 2 rings (SSSR count). The van der Waals surface area contributed by atoms with E-state index >= 15 is 0 Å². The molecule has 114 valence electrons. The lowest BCUT2D eigenvalue weighted by molar-refractivity contribution is -0.140. The van der Waals surface area contributed by atoms with Gasteiger partial charge in [-0.05, 0) is 19.3 Å². The summed E-state index contributed by atoms with van der Waals surface area (Å²) in [5, 5.41) is 16.9. The molecule has 2 heterocycles. The summed E-state index contributed by atoms with van der Waals surface area (Å²) in [7, 11) is 0. The van der Waals surface area contributed by atoms with Crippen molar-refractivity contribution >= 4 is 22.3 Å². The van der Waals surface area contributed by atoms with Crippen molar-refractivity contribution in [1.82, 2.24) is 19.9 Å². The molecule has 1 unspecified atom stereocenters. The number of carboxylic acid groups (broad SMARTS) is 1. The second-order valence-electron chi connectivity index (χ2n) is 5.33. The van der Waals surface area contributed by atoms with Gasteiger partial charge < -0.3 is 5.11 Å². The van der Waals surface area contributed by atoms with Crippen LogP contribution >= 0.6 is 11.3 Å². The van der Waals surface area contributed by atoms with E-state index in [1.165, 1.54) is 21.9 Å². The predicted molar refractivity (Wildman–Crippen MR) is 79.6 cm³/mol. The fourth-order valence-electron chi connectivity index (χ4n) is 1.98. The molecule has 0 bridgehead atoms. The molecule has 2 aromatic heterocycles. The van der Waals surface area contributed by atoms with Crippen molar-refractivity contribution in [2.45, 2.75) is 39.8 Å². The van der Waals surface area contributed by atoms with Gasteiger partial charge in [-0.15, -0.1) is 0 Å². The van der Waals surface area contributed by atoms with Gasteiger partial charge in [-0.1, -0.05) is 25.2 Å². The molecule has 0 amide bonds. The number of carbonyl (C=O) groups is 1. The monoisotopic (exact) mass is 310 g/mol. The Kier molecular flexibility index (Phi) is 4.69. The minimum atomic E-state index is -0.879. The third-order valence-corrected chi connectivity index (χ3v) is 3.83. The van der Waals surface area contributed by atoms with Gasteiger partial charge >= 0.3 is 5.97 Å². The Hall–Kier alpha value is -1.80. The van der Waals surface area contributed by atoms with Crippen molar-refractivity contribution in [2.75, 3.05) is 0 Å². The Bertz CT molecular complexity index is 707. The first-order valence-electron chi connectivity index (χ1n) is 6.69. The van der Waals surface area contributed by atoms with E-state index in [1.54, 1.807) is 6.92 Å². The van der Waals surface area contributed by atoms with Crippen LogP contribution in [0.4, 0.5) is 0 Å². The second kappa shape index (κ2) is 6.31. The lowest BCUT2D eigenvalue weighted by Crippen LogP contribution is -2.37. The second-order valence-corrected chi connectivity index (χ2v) is 6.37. The molecule has 0 saturated heterocycles. The highest BCUT2D eigenvalue weighted by molar-refractivity contribution is 7.16. The van der Waals surface area contributed by atoms with Gasteiger partial charge in [0.15, 0.2) is 0 Å². The third-order valence-electron chi connectivity index (χ3n) is 2.92. The first kappa shape index (κ1) is 15.6. The molecular formula is C13H18N4O3S. The average molecular weight is 310 g/mol. The van der Waals surface area contributed by atoms with E-state index in [2.05, 4.69) is 15.4 Å². The van der Waals surface area contributed by atoms with E-state index in [-0.39, 0.29) is 11.5 Å². The van der Waals surface area contributed by atoms with Crippen LogP contribution in [0.25, 0.3) is 4.96 Å². The van der Waals surface area contributed by atoms with Crippen LogP contribution in [-0.4, -0.2) is 31.7 Å². The molecule has 0 fully saturated rings. The molecular weight excluding hydrogens is 292 g/mol. The van der Waals surface area contributed by atoms with Crippen LogP contribution in [0, 0.1) is 12.8 Å². The van der Waals surface area contributed by atoms with E-state index in [9.17, 15) is 14.7 Å². The van der Waals surface area contributed by atoms with Crippen LogP contribution in [0.3, 0.4) is 0 Å². The maximum atomic E-state index is 11.8. The normalized spacial score (nSPS) is 13.0. The molecule has 0 spiro atoms. The molecule has 21 heavy (non-hydrogen) atoms. The summed E-state index contributed by atoms with van der Waals surface area (Å²) >= 11 is 1.28. The molecule has 0 saturated carbocycles. The fourth-order valence-corrected chi connectivity index (χ4v) is 2.88. The van der Waals surface area contributed by atoms with Gasteiger partial charge in [-0.25, -0.2) is 4.98 Å². The van der Waals surface area contributed by atoms with Gasteiger partial charge in [-0.2, -0.15) is 9.61 Å². The Balaban J connectivity index is 2.14. The van der Waals surface area contributed by atoms with Gasteiger partial charge in [0.1, 0.15) is 11.0 Å². The first-order chi connectivity index (χ1) is 9.86. The zero-order valence-electron chi connectivity index (χ0n) is 12.2. The highest BCUT2D eigenvalue weighted by atomic mass is 32.1. The van der Waals surface area contributed by atoms with Crippen molar-refractivity contribution in [3.8, 4) is 0 Å². The van der Waals surface area contributed by atoms with Crippen LogP contribution in [0.1, 0.15) is 31.0 Å². The van der Waals surface area contributed by atoms with Crippen LogP contribution in [0.2, 0.25) is 0 Å². The van der Waals surface area contributed by atoms with Crippen molar-refractivity contribution < 1.29 is 9.90 Å². The minimum absolute atomic E-state index is 0.225. The summed E-state index contributed by atoms with van der Waals surface area (Å²) in [5.41, 5.74) is 0.420.